The molecule has 1 amide bonds. The third-order valence-electron chi connectivity index (χ3n) is 5.31. The van der Waals surface area contributed by atoms with Crippen molar-refractivity contribution in [2.45, 2.75) is 33.6 Å². The van der Waals surface area contributed by atoms with Crippen molar-refractivity contribution in [1.29, 1.82) is 0 Å². The maximum Gasteiger partial charge on any atom is 0.307 e. The Balaban J connectivity index is 1.51. The number of nitrogens with zero attached hydrogens (tertiary/aromatic N) is 2. The van der Waals surface area contributed by atoms with Crippen molar-refractivity contribution in [2.75, 3.05) is 0 Å². The molecule has 0 aliphatic rings. The largest absolute Gasteiger partial charge is 0.451 e. The number of aryl methyl sites for hydroxylation is 1. The fourth-order valence-electron chi connectivity index (χ4n) is 3.63. The van der Waals surface area contributed by atoms with E-state index in [2.05, 4.69) is 66.2 Å². The fourth-order valence-corrected chi connectivity index (χ4v) is 3.63. The Bertz CT molecular complexity index is 1190. The first-order valence-corrected chi connectivity index (χ1v) is 10.1. The number of benzene rings is 2. The average molecular weight is 399 g/mol. The van der Waals surface area contributed by atoms with Crippen LogP contribution in [-0.2, 0) is 0 Å². The highest BCUT2D eigenvalue weighted by Crippen LogP contribution is 2.22. The van der Waals surface area contributed by atoms with Crippen LogP contribution in [0.3, 0.4) is 0 Å². The van der Waals surface area contributed by atoms with Crippen LogP contribution in [0.2, 0.25) is 0 Å². The molecule has 4 aromatic rings. The quantitative estimate of drug-likeness (QED) is 0.344. The Morgan fingerprint density at radius 2 is 1.80 bits per heavy atom. The molecule has 0 unspecified atom stereocenters. The molecule has 2 heterocycles. The lowest BCUT2D eigenvalue weighted by molar-refractivity contribution is 0.0929. The number of aromatic nitrogens is 1. The summed E-state index contributed by atoms with van der Waals surface area (Å²) in [7, 11) is 0. The second-order valence-corrected chi connectivity index (χ2v) is 7.76. The van der Waals surface area contributed by atoms with Crippen molar-refractivity contribution >= 4 is 23.1 Å². The summed E-state index contributed by atoms with van der Waals surface area (Å²) in [6.45, 7) is 8.49. The Labute approximate surface area is 176 Å². The molecule has 4 rings (SSSR count). The summed E-state index contributed by atoms with van der Waals surface area (Å²) < 4.78 is 7.76. The molecule has 0 spiro atoms. The second kappa shape index (κ2) is 8.03. The van der Waals surface area contributed by atoms with Crippen LogP contribution in [-0.4, -0.2) is 16.7 Å². The van der Waals surface area contributed by atoms with E-state index in [9.17, 15) is 4.79 Å². The van der Waals surface area contributed by atoms with Gasteiger partial charge in [0, 0.05) is 28.0 Å². The molecule has 0 radical (unpaired) electrons. The van der Waals surface area contributed by atoms with Gasteiger partial charge in [-0.25, -0.2) is 5.43 Å². The van der Waals surface area contributed by atoms with Gasteiger partial charge in [0.25, 0.3) is 0 Å². The molecule has 0 atom stereocenters. The predicted molar refractivity (Wildman–Crippen MR) is 121 cm³/mol. The summed E-state index contributed by atoms with van der Waals surface area (Å²) in [4.78, 5) is 12.3. The van der Waals surface area contributed by atoms with Crippen LogP contribution in [0.1, 0.15) is 52.8 Å². The summed E-state index contributed by atoms with van der Waals surface area (Å²) in [5, 5.41) is 5.02. The van der Waals surface area contributed by atoms with Crippen molar-refractivity contribution in [1.82, 2.24) is 9.99 Å². The first-order valence-electron chi connectivity index (χ1n) is 10.1. The molecule has 0 bridgehead atoms. The molecule has 0 saturated heterocycles. The van der Waals surface area contributed by atoms with Gasteiger partial charge in [-0.15, -0.1) is 0 Å². The highest BCUT2D eigenvalue weighted by atomic mass is 16.3. The highest BCUT2D eigenvalue weighted by Gasteiger charge is 2.12. The smallest absolute Gasteiger partial charge is 0.307 e. The van der Waals surface area contributed by atoms with Gasteiger partial charge in [0.1, 0.15) is 5.58 Å². The lowest BCUT2D eigenvalue weighted by Gasteiger charge is -2.12. The fraction of sp³-hybridized carbons (Fsp3) is 0.200. The lowest BCUT2D eigenvalue weighted by Crippen LogP contribution is -2.16. The zero-order valence-electron chi connectivity index (χ0n) is 17.6. The number of hydrazone groups is 1. The molecular weight excluding hydrogens is 374 g/mol. The third-order valence-corrected chi connectivity index (χ3v) is 5.31. The molecule has 0 aliphatic heterocycles. The van der Waals surface area contributed by atoms with E-state index in [0.29, 0.717) is 11.5 Å². The number of fused-ring (bicyclic) bond motifs is 1. The van der Waals surface area contributed by atoms with Crippen LogP contribution in [0.15, 0.2) is 70.2 Å². The third kappa shape index (κ3) is 3.79. The van der Waals surface area contributed by atoms with Gasteiger partial charge in [-0.05, 0) is 55.7 Å². The minimum atomic E-state index is -0.375. The summed E-state index contributed by atoms with van der Waals surface area (Å²) in [6.07, 6.45) is 1.67. The van der Waals surface area contributed by atoms with E-state index in [1.165, 1.54) is 5.56 Å². The maximum absolute atomic E-state index is 12.3. The number of hydrogen-bond donors (Lipinski definition) is 1. The Kier molecular flexibility index (Phi) is 5.27. The Morgan fingerprint density at radius 1 is 1.07 bits per heavy atom. The minimum Gasteiger partial charge on any atom is -0.451 e. The number of carbonyl (C=O) groups excluding carboxylic acids is 1. The molecule has 152 valence electrons. The second-order valence-electron chi connectivity index (χ2n) is 7.76. The molecular formula is C25H25N3O2. The van der Waals surface area contributed by atoms with Crippen molar-refractivity contribution < 1.29 is 9.21 Å². The van der Waals surface area contributed by atoms with Crippen molar-refractivity contribution in [3.63, 3.8) is 0 Å². The number of furan rings is 1. The van der Waals surface area contributed by atoms with Gasteiger partial charge in [0.15, 0.2) is 5.76 Å². The number of amides is 1. The number of hydrogen-bond acceptors (Lipinski definition) is 3. The summed E-state index contributed by atoms with van der Waals surface area (Å²) in [6, 6.07) is 19.9. The van der Waals surface area contributed by atoms with Crippen LogP contribution in [0.25, 0.3) is 16.7 Å². The Morgan fingerprint density at radius 3 is 2.50 bits per heavy atom. The van der Waals surface area contributed by atoms with Gasteiger partial charge >= 0.3 is 5.91 Å². The first-order chi connectivity index (χ1) is 14.4. The van der Waals surface area contributed by atoms with Crippen molar-refractivity contribution in [3.05, 3.63) is 88.9 Å². The topological polar surface area (TPSA) is 59.5 Å². The molecule has 5 heteroatoms. The average Bonchev–Trinajstić information content (AvgIpc) is 3.29. The van der Waals surface area contributed by atoms with Crippen molar-refractivity contribution in [2.24, 2.45) is 5.10 Å². The Hall–Kier alpha value is -3.60. The van der Waals surface area contributed by atoms with E-state index >= 15 is 0 Å². The summed E-state index contributed by atoms with van der Waals surface area (Å²) >= 11 is 0. The number of carbonyl (C=O) groups is 1. The zero-order chi connectivity index (χ0) is 21.3. The van der Waals surface area contributed by atoms with E-state index < -0.39 is 0 Å². The van der Waals surface area contributed by atoms with Gasteiger partial charge in [-0.2, -0.15) is 5.10 Å². The zero-order valence-corrected chi connectivity index (χ0v) is 17.6. The molecule has 0 fully saturated rings. The van der Waals surface area contributed by atoms with Gasteiger partial charge in [-0.3, -0.25) is 4.79 Å². The lowest BCUT2D eigenvalue weighted by atomic mass is 10.0. The van der Waals surface area contributed by atoms with E-state index in [-0.39, 0.29) is 11.7 Å². The van der Waals surface area contributed by atoms with Gasteiger partial charge in [0.2, 0.25) is 0 Å². The highest BCUT2D eigenvalue weighted by molar-refractivity contribution is 5.96. The van der Waals surface area contributed by atoms with Crippen LogP contribution >= 0.6 is 0 Å². The summed E-state index contributed by atoms with van der Waals surface area (Å²) in [5.41, 5.74) is 8.78. The van der Waals surface area contributed by atoms with Crippen LogP contribution in [0.5, 0.6) is 0 Å². The molecule has 30 heavy (non-hydrogen) atoms. The number of nitrogens with one attached hydrogen (secondary N) is 1. The van der Waals surface area contributed by atoms with Crippen LogP contribution in [0.4, 0.5) is 0 Å². The monoisotopic (exact) mass is 399 g/mol. The normalized spacial score (nSPS) is 11.6. The molecule has 5 nitrogen and oxygen atoms in total. The first kappa shape index (κ1) is 19.7. The van der Waals surface area contributed by atoms with Gasteiger partial charge in [-0.1, -0.05) is 44.2 Å². The van der Waals surface area contributed by atoms with Crippen molar-refractivity contribution in [3.8, 4) is 5.69 Å². The van der Waals surface area contributed by atoms with Crippen LogP contribution < -0.4 is 5.43 Å². The number of rotatable bonds is 5. The van der Waals surface area contributed by atoms with E-state index in [1.54, 1.807) is 12.3 Å². The molecule has 1 N–H and O–H groups in total. The van der Waals surface area contributed by atoms with Gasteiger partial charge in [0.05, 0.1) is 6.21 Å². The SMILES string of the molecule is Cc1cc(/C=N/NC(=O)c2cc3ccccc3o2)c(C)n1-c1ccc(C(C)C)cc1. The molecule has 0 aliphatic carbocycles. The predicted octanol–water partition coefficient (Wildman–Crippen LogP) is 5.73. The van der Waals surface area contributed by atoms with E-state index in [0.717, 1.165) is 28.0 Å². The molecule has 2 aromatic carbocycles. The van der Waals surface area contributed by atoms with E-state index in [4.69, 9.17) is 4.42 Å². The van der Waals surface area contributed by atoms with E-state index in [1.807, 2.05) is 31.2 Å². The standard InChI is InChI=1S/C25H25N3O2/c1-16(2)19-9-11-22(12-10-19)28-17(3)13-21(18(28)4)15-26-27-25(29)24-14-20-7-5-6-8-23(20)30-24/h5-16H,1-4H3,(H,27,29)/b26-15+. The summed E-state index contributed by atoms with van der Waals surface area (Å²) in [5.74, 6) is 0.369. The maximum atomic E-state index is 12.3. The number of para-hydroxylation sites is 1. The minimum absolute atomic E-state index is 0.240. The van der Waals surface area contributed by atoms with Gasteiger partial charge < -0.3 is 8.98 Å². The van der Waals surface area contributed by atoms with Crippen LogP contribution in [0, 0.1) is 13.8 Å². The molecule has 0 saturated carbocycles. The molecule has 2 aromatic heterocycles.